The number of nitrogens with zero attached hydrogens (tertiary/aromatic N) is 4. The van der Waals surface area contributed by atoms with Crippen molar-refractivity contribution in [1.82, 2.24) is 14.9 Å². The van der Waals surface area contributed by atoms with Crippen LogP contribution in [-0.4, -0.2) is 47.0 Å². The number of hydrogen-bond acceptors (Lipinski definition) is 4. The first-order chi connectivity index (χ1) is 15.1. The molecule has 0 unspecified atom stereocenters. The highest BCUT2D eigenvalue weighted by Gasteiger charge is 2.32. The smallest absolute Gasteiger partial charge is 0.228 e. The van der Waals surface area contributed by atoms with E-state index in [-0.39, 0.29) is 11.7 Å². The van der Waals surface area contributed by atoms with Crippen LogP contribution < -0.4 is 4.90 Å². The average molecular weight is 423 g/mol. The minimum Gasteiger partial charge on any atom is -0.302 e. The fourth-order valence-corrected chi connectivity index (χ4v) is 5.01. The summed E-state index contributed by atoms with van der Waals surface area (Å²) >= 11 is 0. The molecule has 0 spiro atoms. The molecule has 1 aromatic heterocycles. The Balaban J connectivity index is 1.37. The van der Waals surface area contributed by atoms with Gasteiger partial charge in [0.25, 0.3) is 0 Å². The number of carbonyl (C=O) groups is 1. The molecule has 2 aromatic rings. The molecule has 5 nitrogen and oxygen atoms in total. The molecule has 6 heteroatoms. The highest BCUT2D eigenvalue weighted by atomic mass is 19.1. The molecule has 3 heterocycles. The maximum absolute atomic E-state index is 13.2. The molecule has 1 aliphatic carbocycles. The highest BCUT2D eigenvalue weighted by Crippen LogP contribution is 2.34. The van der Waals surface area contributed by atoms with Crippen LogP contribution in [0.4, 0.5) is 10.2 Å². The van der Waals surface area contributed by atoms with Crippen LogP contribution in [0.5, 0.6) is 0 Å². The van der Waals surface area contributed by atoms with Crippen molar-refractivity contribution in [3.63, 3.8) is 0 Å². The van der Waals surface area contributed by atoms with E-state index in [4.69, 9.17) is 9.97 Å². The third kappa shape index (κ3) is 4.64. The van der Waals surface area contributed by atoms with Crippen LogP contribution in [-0.2, 0) is 17.6 Å². The van der Waals surface area contributed by atoms with Crippen molar-refractivity contribution in [3.8, 4) is 0 Å². The standard InChI is InChI=1S/C25H31FN4O/c1-17-22-10-11-23(31)30(14-12-18-6-8-21(26)9-7-18)25(22)28-24(27-17)20-3-2-13-29(16-20)15-19-4-5-19/h6-9,19-20H,2-5,10-16H2,1H3/t20-/m0/s1. The van der Waals surface area contributed by atoms with E-state index in [2.05, 4.69) is 11.8 Å². The lowest BCUT2D eigenvalue weighted by Crippen LogP contribution is -2.39. The van der Waals surface area contributed by atoms with Gasteiger partial charge in [0.05, 0.1) is 0 Å². The summed E-state index contributed by atoms with van der Waals surface area (Å²) in [6.07, 6.45) is 6.95. The van der Waals surface area contributed by atoms with Gasteiger partial charge in [-0.1, -0.05) is 12.1 Å². The Hall–Kier alpha value is -2.34. The summed E-state index contributed by atoms with van der Waals surface area (Å²) < 4.78 is 13.2. The van der Waals surface area contributed by atoms with Gasteiger partial charge in [0.15, 0.2) is 0 Å². The zero-order chi connectivity index (χ0) is 21.4. The Morgan fingerprint density at radius 1 is 1.10 bits per heavy atom. The first-order valence-corrected chi connectivity index (χ1v) is 11.7. The van der Waals surface area contributed by atoms with Crippen LogP contribution in [0.1, 0.15) is 60.7 Å². The van der Waals surface area contributed by atoms with Crippen molar-refractivity contribution in [2.75, 3.05) is 31.1 Å². The molecule has 1 saturated carbocycles. The van der Waals surface area contributed by atoms with Crippen LogP contribution in [0, 0.1) is 18.7 Å². The van der Waals surface area contributed by atoms with E-state index in [1.807, 2.05) is 4.90 Å². The Labute approximate surface area is 183 Å². The van der Waals surface area contributed by atoms with Crippen LogP contribution in [0.25, 0.3) is 0 Å². The lowest BCUT2D eigenvalue weighted by molar-refractivity contribution is -0.118. The highest BCUT2D eigenvalue weighted by molar-refractivity contribution is 5.95. The summed E-state index contributed by atoms with van der Waals surface area (Å²) in [4.78, 5) is 27.1. The Bertz CT molecular complexity index is 957. The van der Waals surface area contributed by atoms with Gasteiger partial charge >= 0.3 is 0 Å². The molecule has 2 aliphatic heterocycles. The Morgan fingerprint density at radius 3 is 2.68 bits per heavy atom. The number of hydrogen-bond donors (Lipinski definition) is 0. The van der Waals surface area contributed by atoms with Gasteiger partial charge in [-0.25, -0.2) is 14.4 Å². The summed E-state index contributed by atoms with van der Waals surface area (Å²) in [6.45, 7) is 6.04. The number of carbonyl (C=O) groups excluding carboxylic acids is 1. The Kier molecular flexibility index (Phi) is 5.74. The number of anilines is 1. The molecule has 5 rings (SSSR count). The number of aromatic nitrogens is 2. The zero-order valence-electron chi connectivity index (χ0n) is 18.3. The average Bonchev–Trinajstić information content (AvgIpc) is 3.58. The number of amides is 1. The van der Waals surface area contributed by atoms with E-state index in [1.165, 1.54) is 44.5 Å². The molecule has 1 atom stereocenters. The normalized spacial score (nSPS) is 21.9. The summed E-state index contributed by atoms with van der Waals surface area (Å²) in [7, 11) is 0. The van der Waals surface area contributed by atoms with Crippen molar-refractivity contribution in [2.24, 2.45) is 5.92 Å². The van der Waals surface area contributed by atoms with Gasteiger partial charge in [0, 0.05) is 43.2 Å². The number of benzene rings is 1. The minimum atomic E-state index is -0.237. The quantitative estimate of drug-likeness (QED) is 0.705. The Morgan fingerprint density at radius 2 is 1.90 bits per heavy atom. The van der Waals surface area contributed by atoms with E-state index >= 15 is 0 Å². The number of rotatable bonds is 6. The lowest BCUT2D eigenvalue weighted by Gasteiger charge is -2.34. The molecule has 3 aliphatic rings. The molecule has 31 heavy (non-hydrogen) atoms. The number of piperidine rings is 1. The molecule has 1 saturated heterocycles. The molecule has 0 bridgehead atoms. The largest absolute Gasteiger partial charge is 0.302 e. The molecule has 0 radical (unpaired) electrons. The van der Waals surface area contributed by atoms with Gasteiger partial charge in [0.2, 0.25) is 5.91 Å². The minimum absolute atomic E-state index is 0.123. The van der Waals surface area contributed by atoms with Crippen LogP contribution >= 0.6 is 0 Å². The molecule has 1 amide bonds. The predicted octanol–water partition coefficient (Wildman–Crippen LogP) is 4.04. The number of aryl methyl sites for hydroxylation is 1. The van der Waals surface area contributed by atoms with E-state index in [0.29, 0.717) is 31.7 Å². The third-order valence-corrected chi connectivity index (χ3v) is 6.98. The molecule has 0 N–H and O–H groups in total. The second-order valence-corrected chi connectivity index (χ2v) is 9.43. The molecule has 164 valence electrons. The van der Waals surface area contributed by atoms with E-state index < -0.39 is 0 Å². The second kappa shape index (κ2) is 8.65. The van der Waals surface area contributed by atoms with Gasteiger partial charge in [-0.2, -0.15) is 0 Å². The third-order valence-electron chi connectivity index (χ3n) is 6.98. The van der Waals surface area contributed by atoms with Crippen LogP contribution in [0.2, 0.25) is 0 Å². The van der Waals surface area contributed by atoms with Crippen molar-refractivity contribution in [2.45, 2.75) is 57.8 Å². The second-order valence-electron chi connectivity index (χ2n) is 9.43. The maximum atomic E-state index is 13.2. The van der Waals surface area contributed by atoms with Gasteiger partial charge in [0.1, 0.15) is 17.5 Å². The fourth-order valence-electron chi connectivity index (χ4n) is 5.01. The van der Waals surface area contributed by atoms with Crippen LogP contribution in [0.15, 0.2) is 24.3 Å². The van der Waals surface area contributed by atoms with Crippen molar-refractivity contribution in [1.29, 1.82) is 0 Å². The SMILES string of the molecule is Cc1nc([C@H]2CCCN(CC3CC3)C2)nc2c1CCC(=O)N2CCc1ccc(F)cc1. The maximum Gasteiger partial charge on any atom is 0.228 e. The molecule has 2 fully saturated rings. The summed E-state index contributed by atoms with van der Waals surface area (Å²) in [5.74, 6) is 2.83. The van der Waals surface area contributed by atoms with E-state index in [0.717, 1.165) is 47.3 Å². The van der Waals surface area contributed by atoms with Crippen molar-refractivity contribution >= 4 is 11.7 Å². The first-order valence-electron chi connectivity index (χ1n) is 11.7. The monoisotopic (exact) mass is 422 g/mol. The van der Waals surface area contributed by atoms with E-state index in [9.17, 15) is 9.18 Å². The molecular weight excluding hydrogens is 391 g/mol. The van der Waals surface area contributed by atoms with E-state index in [1.54, 1.807) is 12.1 Å². The predicted molar refractivity (Wildman–Crippen MR) is 119 cm³/mol. The lowest BCUT2D eigenvalue weighted by atomic mass is 9.95. The van der Waals surface area contributed by atoms with Crippen molar-refractivity contribution < 1.29 is 9.18 Å². The van der Waals surface area contributed by atoms with Crippen LogP contribution in [0.3, 0.4) is 0 Å². The molecule has 1 aromatic carbocycles. The van der Waals surface area contributed by atoms with Gasteiger partial charge in [-0.05, 0) is 75.6 Å². The van der Waals surface area contributed by atoms with Gasteiger partial charge < -0.3 is 4.90 Å². The number of fused-ring (bicyclic) bond motifs is 1. The van der Waals surface area contributed by atoms with Crippen molar-refractivity contribution in [3.05, 3.63) is 52.7 Å². The first kappa shape index (κ1) is 20.6. The summed E-state index contributed by atoms with van der Waals surface area (Å²) in [5, 5.41) is 0. The number of likely N-dealkylation sites (tertiary alicyclic amines) is 1. The number of halogens is 1. The van der Waals surface area contributed by atoms with Gasteiger partial charge in [-0.15, -0.1) is 0 Å². The fraction of sp³-hybridized carbons (Fsp3) is 0.560. The summed E-state index contributed by atoms with van der Waals surface area (Å²) in [6, 6.07) is 6.53. The zero-order valence-corrected chi connectivity index (χ0v) is 18.3. The van der Waals surface area contributed by atoms with Gasteiger partial charge in [-0.3, -0.25) is 9.69 Å². The molecular formula is C25H31FN4O. The topological polar surface area (TPSA) is 49.3 Å². The summed E-state index contributed by atoms with van der Waals surface area (Å²) in [5.41, 5.74) is 3.14.